The van der Waals surface area contributed by atoms with E-state index in [1.54, 1.807) is 0 Å². The first kappa shape index (κ1) is 14.3. The summed E-state index contributed by atoms with van der Waals surface area (Å²) in [5.41, 5.74) is 0.113. The monoisotopic (exact) mass is 254 g/mol. The van der Waals surface area contributed by atoms with Gasteiger partial charge in [0.1, 0.15) is 0 Å². The SMILES string of the molecule is CC(C)CC(C)OC1CC(O)C12CCCCCC2. The number of hydrogen-bond acceptors (Lipinski definition) is 2. The molecule has 2 rings (SSSR count). The second-order valence-corrected chi connectivity index (χ2v) is 6.96. The Kier molecular flexibility index (Phi) is 4.71. The summed E-state index contributed by atoms with van der Waals surface area (Å²) in [6.45, 7) is 6.68. The van der Waals surface area contributed by atoms with Gasteiger partial charge in [-0.05, 0) is 32.1 Å². The van der Waals surface area contributed by atoms with Crippen molar-refractivity contribution >= 4 is 0 Å². The molecule has 3 atom stereocenters. The smallest absolute Gasteiger partial charge is 0.0684 e. The molecule has 0 aromatic rings. The van der Waals surface area contributed by atoms with E-state index in [1.165, 1.54) is 38.5 Å². The van der Waals surface area contributed by atoms with Crippen LogP contribution in [0, 0.1) is 11.3 Å². The van der Waals surface area contributed by atoms with Gasteiger partial charge < -0.3 is 9.84 Å². The Bertz CT molecular complexity index is 254. The van der Waals surface area contributed by atoms with Crippen LogP contribution in [0.1, 0.15) is 72.1 Å². The zero-order valence-electron chi connectivity index (χ0n) is 12.3. The molecule has 0 bridgehead atoms. The summed E-state index contributed by atoms with van der Waals surface area (Å²) in [5.74, 6) is 0.690. The third-order valence-corrected chi connectivity index (χ3v) is 4.98. The van der Waals surface area contributed by atoms with E-state index in [0.717, 1.165) is 12.8 Å². The molecule has 2 aliphatic rings. The molecule has 1 N–H and O–H groups in total. The summed E-state index contributed by atoms with van der Waals surface area (Å²) in [5, 5.41) is 10.2. The van der Waals surface area contributed by atoms with E-state index in [-0.39, 0.29) is 11.5 Å². The fourth-order valence-electron chi connectivity index (χ4n) is 3.96. The molecule has 0 aromatic carbocycles. The molecule has 18 heavy (non-hydrogen) atoms. The van der Waals surface area contributed by atoms with Crippen LogP contribution in [0.25, 0.3) is 0 Å². The van der Waals surface area contributed by atoms with E-state index < -0.39 is 0 Å². The van der Waals surface area contributed by atoms with Crippen LogP contribution in [-0.4, -0.2) is 23.4 Å². The molecule has 0 saturated heterocycles. The van der Waals surface area contributed by atoms with Gasteiger partial charge in [0.05, 0.1) is 18.3 Å². The van der Waals surface area contributed by atoms with E-state index in [0.29, 0.717) is 18.1 Å². The van der Waals surface area contributed by atoms with Crippen LogP contribution in [-0.2, 0) is 4.74 Å². The van der Waals surface area contributed by atoms with Crippen LogP contribution >= 0.6 is 0 Å². The second-order valence-electron chi connectivity index (χ2n) is 6.96. The second kappa shape index (κ2) is 5.92. The van der Waals surface area contributed by atoms with Crippen molar-refractivity contribution in [1.82, 2.24) is 0 Å². The summed E-state index contributed by atoms with van der Waals surface area (Å²) in [7, 11) is 0. The van der Waals surface area contributed by atoms with Crippen molar-refractivity contribution in [3.8, 4) is 0 Å². The molecule has 1 spiro atoms. The Hall–Kier alpha value is -0.0800. The molecule has 106 valence electrons. The summed E-state index contributed by atoms with van der Waals surface area (Å²) in [6, 6.07) is 0. The van der Waals surface area contributed by atoms with Crippen LogP contribution in [0.4, 0.5) is 0 Å². The van der Waals surface area contributed by atoms with Gasteiger partial charge in [0, 0.05) is 11.8 Å². The van der Waals surface area contributed by atoms with Gasteiger partial charge in [-0.25, -0.2) is 0 Å². The Balaban J connectivity index is 1.92. The zero-order chi connectivity index (χ0) is 13.2. The van der Waals surface area contributed by atoms with Gasteiger partial charge in [-0.15, -0.1) is 0 Å². The Morgan fingerprint density at radius 3 is 2.22 bits per heavy atom. The molecule has 2 nitrogen and oxygen atoms in total. The first-order chi connectivity index (χ1) is 8.54. The fourth-order valence-corrected chi connectivity index (χ4v) is 3.96. The lowest BCUT2D eigenvalue weighted by Crippen LogP contribution is -2.58. The summed E-state index contributed by atoms with van der Waals surface area (Å²) in [4.78, 5) is 0. The van der Waals surface area contributed by atoms with Crippen LogP contribution in [0.2, 0.25) is 0 Å². The third kappa shape index (κ3) is 2.91. The highest BCUT2D eigenvalue weighted by Crippen LogP contribution is 2.52. The maximum Gasteiger partial charge on any atom is 0.0684 e. The van der Waals surface area contributed by atoms with Gasteiger partial charge in [-0.3, -0.25) is 0 Å². The van der Waals surface area contributed by atoms with Crippen LogP contribution < -0.4 is 0 Å². The number of ether oxygens (including phenoxy) is 1. The molecule has 2 aliphatic carbocycles. The third-order valence-electron chi connectivity index (χ3n) is 4.98. The first-order valence-electron chi connectivity index (χ1n) is 7.88. The summed E-state index contributed by atoms with van der Waals surface area (Å²) in [6.07, 6.45) is 10.1. The van der Waals surface area contributed by atoms with Crippen molar-refractivity contribution in [3.63, 3.8) is 0 Å². The highest BCUT2D eigenvalue weighted by Gasteiger charge is 2.54. The molecule has 2 heteroatoms. The lowest BCUT2D eigenvalue weighted by Gasteiger charge is -2.54. The van der Waals surface area contributed by atoms with Crippen LogP contribution in [0.15, 0.2) is 0 Å². The largest absolute Gasteiger partial charge is 0.392 e. The Morgan fingerprint density at radius 1 is 1.11 bits per heavy atom. The van der Waals surface area contributed by atoms with Gasteiger partial charge in [0.25, 0.3) is 0 Å². The molecule has 0 radical (unpaired) electrons. The molecule has 0 amide bonds. The minimum Gasteiger partial charge on any atom is -0.392 e. The fraction of sp³-hybridized carbons (Fsp3) is 1.00. The Morgan fingerprint density at radius 2 is 1.72 bits per heavy atom. The molecular formula is C16H30O2. The van der Waals surface area contributed by atoms with Crippen molar-refractivity contribution < 1.29 is 9.84 Å². The number of rotatable bonds is 4. The quantitative estimate of drug-likeness (QED) is 0.824. The molecule has 0 aromatic heterocycles. The summed E-state index contributed by atoms with van der Waals surface area (Å²) >= 11 is 0. The lowest BCUT2D eigenvalue weighted by atomic mass is 9.59. The minimum absolute atomic E-state index is 0.105. The first-order valence-corrected chi connectivity index (χ1v) is 7.88. The van der Waals surface area contributed by atoms with Crippen molar-refractivity contribution in [2.75, 3.05) is 0 Å². The Labute approximate surface area is 112 Å². The maximum absolute atomic E-state index is 10.2. The average Bonchev–Trinajstić information content (AvgIpc) is 2.55. The van der Waals surface area contributed by atoms with Gasteiger partial charge in [-0.2, -0.15) is 0 Å². The number of aliphatic hydroxyl groups excluding tert-OH is 1. The lowest BCUT2D eigenvalue weighted by molar-refractivity contribution is -0.215. The molecule has 3 unspecified atom stereocenters. The molecule has 2 fully saturated rings. The molecule has 0 aliphatic heterocycles. The van der Waals surface area contributed by atoms with Crippen LogP contribution in [0.3, 0.4) is 0 Å². The average molecular weight is 254 g/mol. The van der Waals surface area contributed by atoms with Crippen molar-refractivity contribution in [2.24, 2.45) is 11.3 Å². The van der Waals surface area contributed by atoms with Crippen molar-refractivity contribution in [3.05, 3.63) is 0 Å². The minimum atomic E-state index is -0.105. The van der Waals surface area contributed by atoms with E-state index in [1.807, 2.05) is 0 Å². The predicted octanol–water partition coefficient (Wildman–Crippen LogP) is 3.91. The van der Waals surface area contributed by atoms with E-state index >= 15 is 0 Å². The van der Waals surface area contributed by atoms with E-state index in [4.69, 9.17) is 4.74 Å². The summed E-state index contributed by atoms with van der Waals surface area (Å²) < 4.78 is 6.26. The highest BCUT2D eigenvalue weighted by molar-refractivity contribution is 5.04. The molecule has 0 heterocycles. The van der Waals surface area contributed by atoms with Gasteiger partial charge in [-0.1, -0.05) is 39.5 Å². The number of aliphatic hydroxyl groups is 1. The van der Waals surface area contributed by atoms with Gasteiger partial charge in [0.2, 0.25) is 0 Å². The highest BCUT2D eigenvalue weighted by atomic mass is 16.5. The van der Waals surface area contributed by atoms with Crippen molar-refractivity contribution in [1.29, 1.82) is 0 Å². The topological polar surface area (TPSA) is 29.5 Å². The van der Waals surface area contributed by atoms with E-state index in [2.05, 4.69) is 20.8 Å². The predicted molar refractivity (Wildman–Crippen MR) is 74.5 cm³/mol. The van der Waals surface area contributed by atoms with Crippen molar-refractivity contribution in [2.45, 2.75) is 90.4 Å². The normalized spacial score (nSPS) is 33.2. The molecular weight excluding hydrogens is 224 g/mol. The molecule has 2 saturated carbocycles. The van der Waals surface area contributed by atoms with E-state index in [9.17, 15) is 5.11 Å². The standard InChI is InChI=1S/C16H30O2/c1-12(2)10-13(3)18-15-11-14(17)16(15)8-6-4-5-7-9-16/h12-15,17H,4-11H2,1-3H3. The maximum atomic E-state index is 10.2. The van der Waals surface area contributed by atoms with Gasteiger partial charge >= 0.3 is 0 Å². The zero-order valence-corrected chi connectivity index (χ0v) is 12.3. The number of hydrogen-bond donors (Lipinski definition) is 1. The van der Waals surface area contributed by atoms with Crippen LogP contribution in [0.5, 0.6) is 0 Å². The van der Waals surface area contributed by atoms with Gasteiger partial charge in [0.15, 0.2) is 0 Å².